The summed E-state index contributed by atoms with van der Waals surface area (Å²) < 4.78 is 13.2. The van der Waals surface area contributed by atoms with Crippen LogP contribution in [-0.4, -0.2) is 47.8 Å². The quantitative estimate of drug-likeness (QED) is 0.363. The number of esters is 1. The van der Waals surface area contributed by atoms with Gasteiger partial charge in [0.25, 0.3) is 0 Å². The van der Waals surface area contributed by atoms with Crippen LogP contribution in [0.3, 0.4) is 0 Å². The molecule has 1 aliphatic heterocycles. The van der Waals surface area contributed by atoms with Gasteiger partial charge in [0.05, 0.1) is 18.7 Å². The van der Waals surface area contributed by atoms with Crippen molar-refractivity contribution in [3.8, 4) is 11.4 Å². The largest absolute Gasteiger partial charge is 0.494 e. The van der Waals surface area contributed by atoms with Gasteiger partial charge in [-0.3, -0.25) is 0 Å². The van der Waals surface area contributed by atoms with Gasteiger partial charge in [0.2, 0.25) is 0 Å². The van der Waals surface area contributed by atoms with Crippen molar-refractivity contribution in [2.45, 2.75) is 46.1 Å². The van der Waals surface area contributed by atoms with Crippen LogP contribution < -0.4 is 4.74 Å². The summed E-state index contributed by atoms with van der Waals surface area (Å²) in [5.41, 5.74) is 3.60. The van der Waals surface area contributed by atoms with E-state index in [2.05, 4.69) is 36.9 Å². The van der Waals surface area contributed by atoms with Crippen molar-refractivity contribution in [3.63, 3.8) is 0 Å². The number of carbonyl (C=O) groups excluding carboxylic acids is 1. The molecule has 1 aromatic heterocycles. The van der Waals surface area contributed by atoms with E-state index in [1.807, 2.05) is 41.8 Å². The lowest BCUT2D eigenvalue weighted by molar-refractivity contribution is 0.0517. The Bertz CT molecular complexity index is 1040. The summed E-state index contributed by atoms with van der Waals surface area (Å²) in [5.74, 6) is 0.538. The Kier molecular flexibility index (Phi) is 6.62. The van der Waals surface area contributed by atoms with Crippen molar-refractivity contribution < 1.29 is 14.3 Å². The Morgan fingerprint density at radius 2 is 1.94 bits per heavy atom. The molecule has 1 aliphatic rings. The first-order valence-electron chi connectivity index (χ1n) is 11.3. The van der Waals surface area contributed by atoms with Crippen molar-refractivity contribution in [1.82, 2.24) is 9.47 Å². The van der Waals surface area contributed by atoms with Gasteiger partial charge < -0.3 is 18.9 Å². The molecule has 0 amide bonds. The monoisotopic (exact) mass is 420 g/mol. The summed E-state index contributed by atoms with van der Waals surface area (Å²) in [6, 6.07) is 16.8. The van der Waals surface area contributed by atoms with Gasteiger partial charge in [-0.1, -0.05) is 11.6 Å². The van der Waals surface area contributed by atoms with Crippen LogP contribution in [-0.2, 0) is 4.74 Å². The number of benzene rings is 2. The number of ether oxygens (including phenoxy) is 2. The number of aryl methyl sites for hydroxylation is 1. The van der Waals surface area contributed by atoms with Crippen LogP contribution in [0.25, 0.3) is 16.6 Å². The van der Waals surface area contributed by atoms with E-state index in [9.17, 15) is 4.79 Å². The standard InChI is InChI=1S/C26H32N2O3/c1-4-30-26(29)25-18-21-17-19(2)8-13-24(21)28(25)22-9-11-23(12-10-22)31-16-6-15-27-14-5-7-20(27)3/h8-13,17-18,20H,4-7,14-16H2,1-3H3/t20-/m1/s1. The molecule has 3 aromatic rings. The van der Waals surface area contributed by atoms with Gasteiger partial charge in [0.15, 0.2) is 0 Å². The molecule has 0 N–H and O–H groups in total. The van der Waals surface area contributed by atoms with Crippen LogP contribution >= 0.6 is 0 Å². The van der Waals surface area contributed by atoms with Gasteiger partial charge in [-0.05, 0) is 89.0 Å². The maximum atomic E-state index is 12.6. The first-order chi connectivity index (χ1) is 15.1. The molecule has 5 nitrogen and oxygen atoms in total. The second kappa shape index (κ2) is 9.56. The van der Waals surface area contributed by atoms with Crippen molar-refractivity contribution in [3.05, 3.63) is 59.8 Å². The molecule has 0 aliphatic carbocycles. The molecule has 4 rings (SSSR count). The molecular weight excluding hydrogens is 388 g/mol. The number of fused-ring (bicyclic) bond motifs is 1. The van der Waals surface area contributed by atoms with E-state index in [0.717, 1.165) is 40.9 Å². The third-order valence-corrected chi connectivity index (χ3v) is 6.09. The molecule has 2 aromatic carbocycles. The van der Waals surface area contributed by atoms with Crippen LogP contribution in [0.15, 0.2) is 48.5 Å². The second-order valence-corrected chi connectivity index (χ2v) is 8.37. The van der Waals surface area contributed by atoms with Crippen molar-refractivity contribution >= 4 is 16.9 Å². The normalized spacial score (nSPS) is 16.7. The summed E-state index contributed by atoms with van der Waals surface area (Å²) in [6.45, 7) is 9.55. The average Bonchev–Trinajstić information content (AvgIpc) is 3.35. The molecule has 2 heterocycles. The summed E-state index contributed by atoms with van der Waals surface area (Å²) >= 11 is 0. The summed E-state index contributed by atoms with van der Waals surface area (Å²) in [4.78, 5) is 15.1. The SMILES string of the molecule is CCOC(=O)c1cc2cc(C)ccc2n1-c1ccc(OCCCN2CCC[C@H]2C)cc1. The number of nitrogens with zero attached hydrogens (tertiary/aromatic N) is 2. The molecule has 1 saturated heterocycles. The Balaban J connectivity index is 1.49. The predicted molar refractivity (Wildman–Crippen MR) is 124 cm³/mol. The van der Waals surface area contributed by atoms with E-state index >= 15 is 0 Å². The number of carbonyl (C=O) groups is 1. The fourth-order valence-corrected chi connectivity index (χ4v) is 4.44. The van der Waals surface area contributed by atoms with Crippen molar-refractivity contribution in [1.29, 1.82) is 0 Å². The number of rotatable bonds is 8. The molecule has 0 unspecified atom stereocenters. The van der Waals surface area contributed by atoms with Gasteiger partial charge in [-0.15, -0.1) is 0 Å². The summed E-state index contributed by atoms with van der Waals surface area (Å²) in [7, 11) is 0. The van der Waals surface area contributed by atoms with Crippen LogP contribution in [0.5, 0.6) is 5.75 Å². The summed E-state index contributed by atoms with van der Waals surface area (Å²) in [6.07, 6.45) is 3.65. The molecule has 1 atom stereocenters. The first-order valence-corrected chi connectivity index (χ1v) is 11.3. The molecule has 0 radical (unpaired) electrons. The second-order valence-electron chi connectivity index (χ2n) is 8.37. The Labute approximate surface area is 184 Å². The van der Waals surface area contributed by atoms with Crippen LogP contribution in [0.4, 0.5) is 0 Å². The lowest BCUT2D eigenvalue weighted by Crippen LogP contribution is -2.28. The Morgan fingerprint density at radius 3 is 2.65 bits per heavy atom. The number of hydrogen-bond donors (Lipinski definition) is 0. The fraction of sp³-hybridized carbons (Fsp3) is 0.423. The highest BCUT2D eigenvalue weighted by molar-refractivity contribution is 5.97. The van der Waals surface area contributed by atoms with Crippen molar-refractivity contribution in [2.75, 3.05) is 26.3 Å². The predicted octanol–water partition coefficient (Wildman–Crippen LogP) is 5.37. The van der Waals surface area contributed by atoms with E-state index < -0.39 is 0 Å². The first kappa shape index (κ1) is 21.4. The van der Waals surface area contributed by atoms with E-state index in [1.54, 1.807) is 0 Å². The molecule has 5 heteroatoms. The van der Waals surface area contributed by atoms with Gasteiger partial charge in [0, 0.05) is 23.7 Å². The topological polar surface area (TPSA) is 43.7 Å². The lowest BCUT2D eigenvalue weighted by atomic mass is 10.2. The van der Waals surface area contributed by atoms with E-state index in [1.165, 1.54) is 19.4 Å². The third kappa shape index (κ3) is 4.77. The minimum atomic E-state index is -0.312. The number of hydrogen-bond acceptors (Lipinski definition) is 4. The Hall–Kier alpha value is -2.79. The van der Waals surface area contributed by atoms with Gasteiger partial charge >= 0.3 is 5.97 Å². The highest BCUT2D eigenvalue weighted by Gasteiger charge is 2.20. The van der Waals surface area contributed by atoms with Gasteiger partial charge in [-0.2, -0.15) is 0 Å². The van der Waals surface area contributed by atoms with Gasteiger partial charge in [-0.25, -0.2) is 4.79 Å². The van der Waals surface area contributed by atoms with Gasteiger partial charge in [0.1, 0.15) is 11.4 Å². The average molecular weight is 421 g/mol. The van der Waals surface area contributed by atoms with E-state index in [0.29, 0.717) is 24.9 Å². The molecule has 0 bridgehead atoms. The fourth-order valence-electron chi connectivity index (χ4n) is 4.44. The maximum absolute atomic E-state index is 12.6. The third-order valence-electron chi connectivity index (χ3n) is 6.09. The Morgan fingerprint density at radius 1 is 1.13 bits per heavy atom. The smallest absolute Gasteiger partial charge is 0.355 e. The molecular formula is C26H32N2O3. The van der Waals surface area contributed by atoms with E-state index in [-0.39, 0.29) is 5.97 Å². The number of likely N-dealkylation sites (tertiary alicyclic amines) is 1. The molecule has 0 saturated carbocycles. The zero-order chi connectivity index (χ0) is 21.8. The van der Waals surface area contributed by atoms with Crippen LogP contribution in [0.2, 0.25) is 0 Å². The van der Waals surface area contributed by atoms with Crippen molar-refractivity contribution in [2.24, 2.45) is 0 Å². The minimum Gasteiger partial charge on any atom is -0.494 e. The summed E-state index contributed by atoms with van der Waals surface area (Å²) in [5, 5.41) is 1.03. The molecule has 1 fully saturated rings. The lowest BCUT2D eigenvalue weighted by Gasteiger charge is -2.20. The van der Waals surface area contributed by atoms with Crippen LogP contribution in [0.1, 0.15) is 49.2 Å². The maximum Gasteiger partial charge on any atom is 0.355 e. The van der Waals surface area contributed by atoms with Crippen LogP contribution in [0, 0.1) is 6.92 Å². The molecule has 31 heavy (non-hydrogen) atoms. The minimum absolute atomic E-state index is 0.312. The number of aromatic nitrogens is 1. The van der Waals surface area contributed by atoms with E-state index in [4.69, 9.17) is 9.47 Å². The highest BCUT2D eigenvalue weighted by Crippen LogP contribution is 2.27. The molecule has 0 spiro atoms. The molecule has 164 valence electrons. The zero-order valence-corrected chi connectivity index (χ0v) is 18.8. The zero-order valence-electron chi connectivity index (χ0n) is 18.8. The highest BCUT2D eigenvalue weighted by atomic mass is 16.5.